The van der Waals surface area contributed by atoms with E-state index in [4.69, 9.17) is 4.42 Å². The highest BCUT2D eigenvalue weighted by Gasteiger charge is 2.24. The fraction of sp³-hybridized carbons (Fsp3) is 0.516. The molecule has 3 aromatic heterocycles. The lowest BCUT2D eigenvalue weighted by Crippen LogP contribution is -2.36. The number of nitrogens with zero attached hydrogens (tertiary/aromatic N) is 10. The fourth-order valence-electron chi connectivity index (χ4n) is 10.4. The third-order valence-electron chi connectivity index (χ3n) is 15.2. The smallest absolute Gasteiger partial charge is 0.181 e. The monoisotopic (exact) mass is 989 g/mol. The Morgan fingerprint density at radius 2 is 0.836 bits per heavy atom. The standard InChI is InChI=1S/C12H17N.C11H16N2.2C11H15N.C9H14N2O.C8H11N3/c1-10(2)13-8-7-11-5-3-4-6-12(11)9-13;1-9(2)13-7-5-11-10(8-13)4-3-6-12-11;1-9(2)12-7-10-5-3-4-6-11(10)8-12;1-9(2)12-8-7-10-5-3-4-6-11(10)12;1-7(2)11-4-3-8-9(5-11)12-6-10-8;1-11-5-2-7-8(6-11)10-4-3-9-7/h3-6,10H,7-9H2,1-2H3;3-4,6,9H,5,7-8H2,1-2H3;2*3-6,9H,7-8H2,1-2H3;6-7H,3-5H2,1-2H3;3-4H,2,5-6H2,1H3. The molecule has 0 aliphatic carbocycles. The minimum absolute atomic E-state index is 0.600. The van der Waals surface area contributed by atoms with E-state index in [1.54, 1.807) is 24.4 Å². The summed E-state index contributed by atoms with van der Waals surface area (Å²) in [6.07, 6.45) is 12.6. The van der Waals surface area contributed by atoms with Crippen LogP contribution in [-0.2, 0) is 71.4 Å². The van der Waals surface area contributed by atoms with E-state index in [1.165, 1.54) is 70.8 Å². The number of aromatic nitrogens is 4. The van der Waals surface area contributed by atoms with E-state index in [1.807, 2.05) is 12.3 Å². The zero-order valence-electron chi connectivity index (χ0n) is 46.5. The topological polar surface area (TPSA) is 84.1 Å². The van der Waals surface area contributed by atoms with Crippen molar-refractivity contribution >= 4 is 5.69 Å². The average Bonchev–Trinajstić information content (AvgIpc) is 4.19. The van der Waals surface area contributed by atoms with Crippen LogP contribution in [0.25, 0.3) is 0 Å². The molecule has 73 heavy (non-hydrogen) atoms. The number of para-hydroxylation sites is 1. The van der Waals surface area contributed by atoms with Crippen LogP contribution in [0, 0.1) is 0 Å². The molecular weight excluding hydrogens is 901 g/mol. The number of pyridine rings is 1. The van der Waals surface area contributed by atoms with Gasteiger partial charge >= 0.3 is 0 Å². The van der Waals surface area contributed by atoms with Crippen LogP contribution in [-0.4, -0.2) is 114 Å². The van der Waals surface area contributed by atoms with Gasteiger partial charge in [0.1, 0.15) is 5.76 Å². The first-order valence-electron chi connectivity index (χ1n) is 27.5. The van der Waals surface area contributed by atoms with Gasteiger partial charge in [0.25, 0.3) is 0 Å². The Labute approximate surface area is 440 Å². The van der Waals surface area contributed by atoms with Crippen molar-refractivity contribution in [2.75, 3.05) is 44.7 Å². The van der Waals surface area contributed by atoms with Crippen molar-refractivity contribution in [1.29, 1.82) is 0 Å². The molecule has 0 atom stereocenters. The van der Waals surface area contributed by atoms with Crippen LogP contribution in [0.2, 0.25) is 0 Å². The van der Waals surface area contributed by atoms with Crippen molar-refractivity contribution in [3.05, 3.63) is 172 Å². The SMILES string of the molecule is CC(C)N1CCc2ccccc21.CC(C)N1CCc2ccccc2C1.CC(C)N1CCc2ncccc2C1.CC(C)N1CCc2ncoc2C1.CC(C)N1Cc2ccccc2C1.CN1CCc2nccnc2C1. The van der Waals surface area contributed by atoms with Gasteiger partial charge in [-0.1, -0.05) is 72.8 Å². The van der Waals surface area contributed by atoms with Gasteiger partial charge in [0.05, 0.1) is 23.6 Å². The summed E-state index contributed by atoms with van der Waals surface area (Å²) in [6, 6.07) is 33.7. The van der Waals surface area contributed by atoms with Gasteiger partial charge in [0, 0.05) is 145 Å². The molecule has 6 aliphatic heterocycles. The second kappa shape index (κ2) is 27.3. The number of hydrogen-bond acceptors (Lipinski definition) is 11. The second-order valence-corrected chi connectivity index (χ2v) is 21.9. The first-order valence-corrected chi connectivity index (χ1v) is 27.5. The minimum Gasteiger partial charge on any atom is -0.447 e. The van der Waals surface area contributed by atoms with Crippen molar-refractivity contribution < 1.29 is 4.42 Å². The summed E-state index contributed by atoms with van der Waals surface area (Å²) in [6.45, 7) is 34.6. The first-order chi connectivity index (χ1) is 35.2. The highest BCUT2D eigenvalue weighted by molar-refractivity contribution is 5.58. The Morgan fingerprint density at radius 3 is 1.47 bits per heavy atom. The number of hydrogen-bond donors (Lipinski definition) is 0. The molecule has 11 nitrogen and oxygen atoms in total. The van der Waals surface area contributed by atoms with Crippen LogP contribution in [0.15, 0.2) is 114 Å². The summed E-state index contributed by atoms with van der Waals surface area (Å²) in [5.74, 6) is 1.05. The molecule has 9 heterocycles. The Balaban J connectivity index is 0.000000128. The van der Waals surface area contributed by atoms with Crippen LogP contribution in [0.5, 0.6) is 0 Å². The van der Waals surface area contributed by atoms with Gasteiger partial charge in [-0.3, -0.25) is 34.6 Å². The first kappa shape index (κ1) is 55.5. The molecule has 0 fully saturated rings. The van der Waals surface area contributed by atoms with Crippen LogP contribution in [0.3, 0.4) is 0 Å². The van der Waals surface area contributed by atoms with Gasteiger partial charge in [-0.25, -0.2) is 4.98 Å². The van der Waals surface area contributed by atoms with Crippen LogP contribution >= 0.6 is 0 Å². The quantitative estimate of drug-likeness (QED) is 0.166. The Hall–Kier alpha value is -5.30. The van der Waals surface area contributed by atoms with Gasteiger partial charge in [-0.05, 0) is 135 Å². The molecule has 11 heteroatoms. The third kappa shape index (κ3) is 15.9. The maximum atomic E-state index is 5.28. The van der Waals surface area contributed by atoms with Crippen molar-refractivity contribution in [1.82, 2.24) is 44.4 Å². The van der Waals surface area contributed by atoms with E-state index in [9.17, 15) is 0 Å². The zero-order chi connectivity index (χ0) is 51.9. The van der Waals surface area contributed by atoms with Crippen molar-refractivity contribution in [3.63, 3.8) is 0 Å². The van der Waals surface area contributed by atoms with Crippen molar-refractivity contribution in [2.24, 2.45) is 0 Å². The van der Waals surface area contributed by atoms with Gasteiger partial charge in [0.15, 0.2) is 6.39 Å². The highest BCUT2D eigenvalue weighted by Crippen LogP contribution is 2.29. The maximum absolute atomic E-state index is 5.28. The average molecular weight is 989 g/mol. The minimum atomic E-state index is 0.600. The molecule has 0 saturated heterocycles. The largest absolute Gasteiger partial charge is 0.447 e. The third-order valence-corrected chi connectivity index (χ3v) is 15.2. The zero-order valence-corrected chi connectivity index (χ0v) is 46.5. The lowest BCUT2D eigenvalue weighted by molar-refractivity contribution is 0.184. The normalized spacial score (nSPS) is 17.2. The van der Waals surface area contributed by atoms with Gasteiger partial charge in [-0.2, -0.15) is 0 Å². The summed E-state index contributed by atoms with van der Waals surface area (Å²) < 4.78 is 5.28. The molecule has 12 rings (SSSR count). The fourth-order valence-corrected chi connectivity index (χ4v) is 10.4. The number of fused-ring (bicyclic) bond motifs is 6. The van der Waals surface area contributed by atoms with Crippen molar-refractivity contribution in [3.8, 4) is 0 Å². The number of benzene rings is 3. The van der Waals surface area contributed by atoms with Crippen LogP contribution < -0.4 is 4.90 Å². The maximum Gasteiger partial charge on any atom is 0.181 e. The molecule has 3 aromatic carbocycles. The summed E-state index contributed by atoms with van der Waals surface area (Å²) in [4.78, 5) is 31.7. The molecule has 0 radical (unpaired) electrons. The molecule has 0 spiro atoms. The molecule has 0 N–H and O–H groups in total. The number of anilines is 1. The van der Waals surface area contributed by atoms with Crippen LogP contribution in [0.1, 0.15) is 131 Å². The Morgan fingerprint density at radius 1 is 0.370 bits per heavy atom. The van der Waals surface area contributed by atoms with Gasteiger partial charge in [0.2, 0.25) is 0 Å². The van der Waals surface area contributed by atoms with Gasteiger partial charge in [-0.15, -0.1) is 0 Å². The molecule has 392 valence electrons. The molecule has 0 bridgehead atoms. The summed E-state index contributed by atoms with van der Waals surface area (Å²) in [5, 5.41) is 0. The molecule has 6 aliphatic rings. The predicted octanol–water partition coefficient (Wildman–Crippen LogP) is 11.1. The second-order valence-electron chi connectivity index (χ2n) is 21.9. The van der Waals surface area contributed by atoms with Crippen molar-refractivity contribution in [2.45, 2.75) is 171 Å². The van der Waals surface area contributed by atoms with Crippen LogP contribution in [0.4, 0.5) is 5.69 Å². The number of oxazole rings is 1. The van der Waals surface area contributed by atoms with Gasteiger partial charge < -0.3 is 14.2 Å². The molecule has 0 saturated carbocycles. The number of rotatable bonds is 5. The Bertz CT molecular complexity index is 2490. The van der Waals surface area contributed by atoms with E-state index in [-0.39, 0.29) is 0 Å². The van der Waals surface area contributed by atoms with E-state index in [0.717, 1.165) is 95.3 Å². The molecule has 0 amide bonds. The predicted molar refractivity (Wildman–Crippen MR) is 300 cm³/mol. The van der Waals surface area contributed by atoms with E-state index in [0.29, 0.717) is 30.2 Å². The molecule has 6 aromatic rings. The van der Waals surface area contributed by atoms with E-state index in [2.05, 4.69) is 204 Å². The summed E-state index contributed by atoms with van der Waals surface area (Å²) in [7, 11) is 2.11. The lowest BCUT2D eigenvalue weighted by atomic mass is 9.99. The van der Waals surface area contributed by atoms with E-state index < -0.39 is 0 Å². The summed E-state index contributed by atoms with van der Waals surface area (Å²) >= 11 is 0. The number of likely N-dealkylation sites (N-methyl/N-ethyl adjacent to an activating group) is 1. The Kier molecular flexibility index (Phi) is 20.7. The summed E-state index contributed by atoms with van der Waals surface area (Å²) in [5.41, 5.74) is 15.2. The highest BCUT2D eigenvalue weighted by atomic mass is 16.3. The molecule has 0 unspecified atom stereocenters. The lowest BCUT2D eigenvalue weighted by Gasteiger charge is -2.31. The molecular formula is C62H88N10O. The van der Waals surface area contributed by atoms with E-state index >= 15 is 0 Å².